The molecule has 0 rings (SSSR count). The molecule has 7 heteroatoms. The molecule has 0 saturated carbocycles. The fourth-order valence-electron chi connectivity index (χ4n) is 0.256. The number of carboxylic acids is 1. The molecule has 0 aliphatic carbocycles. The van der Waals surface area contributed by atoms with Crippen molar-refractivity contribution in [1.29, 1.82) is 0 Å². The summed E-state index contributed by atoms with van der Waals surface area (Å²) < 4.78 is 34.9. The monoisotopic (exact) mass is 171 g/mol. The van der Waals surface area contributed by atoms with E-state index >= 15 is 0 Å². The maximum absolute atomic E-state index is 11.8. The van der Waals surface area contributed by atoms with Gasteiger partial charge >= 0.3 is 18.1 Å². The van der Waals surface area contributed by atoms with E-state index in [4.69, 9.17) is 5.11 Å². The molecule has 0 radical (unpaired) electrons. The lowest BCUT2D eigenvalue weighted by Gasteiger charge is -2.09. The molecule has 0 aliphatic heterocycles. The van der Waals surface area contributed by atoms with Gasteiger partial charge in [-0.15, -0.1) is 0 Å². The number of aliphatic carboxylic acids is 1. The average molecular weight is 171 g/mol. The first kappa shape index (κ1) is 9.89. The van der Waals surface area contributed by atoms with Crippen molar-refractivity contribution in [2.75, 3.05) is 6.54 Å². The highest BCUT2D eigenvalue weighted by Crippen LogP contribution is 2.09. The van der Waals surface area contributed by atoms with Crippen LogP contribution in [0.2, 0.25) is 0 Å². The number of carboxylic acid groups (broad SMARTS) is 1. The fourth-order valence-corrected chi connectivity index (χ4v) is 0.256. The van der Waals surface area contributed by atoms with Gasteiger partial charge in [-0.25, -0.2) is 5.32 Å². The van der Waals surface area contributed by atoms with Crippen molar-refractivity contribution >= 4 is 12.0 Å². The Kier molecular flexibility index (Phi) is 2.99. The predicted octanol–water partition coefficient (Wildman–Crippen LogP) is -0.251. The summed E-state index contributed by atoms with van der Waals surface area (Å²) in [4.78, 5) is 19.0. The predicted molar refractivity (Wildman–Crippen MR) is 26.7 cm³/mol. The van der Waals surface area contributed by atoms with Gasteiger partial charge in [0.25, 0.3) is 0 Å². The Morgan fingerprint density at radius 3 is 2.18 bits per heavy atom. The largest absolute Gasteiger partial charge is 0.480 e. The molecule has 0 aromatic rings. The minimum absolute atomic E-state index is 0.900. The van der Waals surface area contributed by atoms with Gasteiger partial charge in [-0.1, -0.05) is 0 Å². The van der Waals surface area contributed by atoms with E-state index in [0.29, 0.717) is 0 Å². The molecule has 0 atom stereocenters. The topological polar surface area (TPSA) is 66.4 Å². The first-order valence-electron chi connectivity index (χ1n) is 2.41. The molecule has 64 valence electrons. The first-order chi connectivity index (χ1) is 4.86. The standard InChI is InChI=1S/C4H4F3NO3/c5-3(11)4(6,7)8-1-2(9)10/h8H,1H2,(H,9,10). The Morgan fingerprint density at radius 2 is 1.91 bits per heavy atom. The van der Waals surface area contributed by atoms with Gasteiger partial charge in [0.05, 0.1) is 6.54 Å². The molecule has 0 bridgehead atoms. The lowest BCUT2D eigenvalue weighted by molar-refractivity contribution is -0.161. The Morgan fingerprint density at radius 1 is 1.45 bits per heavy atom. The summed E-state index contributed by atoms with van der Waals surface area (Å²) in [6.07, 6.45) is 0. The van der Waals surface area contributed by atoms with Gasteiger partial charge in [0.2, 0.25) is 0 Å². The lowest BCUT2D eigenvalue weighted by atomic mass is 10.5. The smallest absolute Gasteiger partial charge is 0.393 e. The number of hydrogen-bond donors (Lipinski definition) is 2. The highest BCUT2D eigenvalue weighted by molar-refractivity contribution is 5.77. The van der Waals surface area contributed by atoms with Crippen LogP contribution in [-0.2, 0) is 9.59 Å². The molecule has 0 saturated heterocycles. The zero-order valence-electron chi connectivity index (χ0n) is 5.10. The second kappa shape index (κ2) is 3.33. The van der Waals surface area contributed by atoms with Gasteiger partial charge in [0.1, 0.15) is 0 Å². The van der Waals surface area contributed by atoms with Crippen LogP contribution < -0.4 is 5.32 Å². The van der Waals surface area contributed by atoms with Crippen molar-refractivity contribution < 1.29 is 27.9 Å². The van der Waals surface area contributed by atoms with Gasteiger partial charge in [-0.05, 0) is 0 Å². The summed E-state index contributed by atoms with van der Waals surface area (Å²) in [7, 11) is 0. The highest BCUT2D eigenvalue weighted by atomic mass is 19.3. The number of carbonyl (C=O) groups excluding carboxylic acids is 1. The summed E-state index contributed by atoms with van der Waals surface area (Å²) in [6.45, 7) is -1.18. The molecule has 0 aliphatic rings. The zero-order valence-corrected chi connectivity index (χ0v) is 5.10. The number of alkyl halides is 2. The lowest BCUT2D eigenvalue weighted by Crippen LogP contribution is -2.44. The van der Waals surface area contributed by atoms with Crippen molar-refractivity contribution in [2.24, 2.45) is 0 Å². The molecule has 0 heterocycles. The first-order valence-corrected chi connectivity index (χ1v) is 2.41. The molecule has 0 amide bonds. The van der Waals surface area contributed by atoms with Crippen LogP contribution in [0.3, 0.4) is 0 Å². The van der Waals surface area contributed by atoms with Crippen LogP contribution in [0.25, 0.3) is 0 Å². The van der Waals surface area contributed by atoms with E-state index in [1.165, 1.54) is 0 Å². The van der Waals surface area contributed by atoms with Crippen LogP contribution in [0.4, 0.5) is 13.2 Å². The Labute approximate surface area is 59.0 Å². The highest BCUT2D eigenvalue weighted by Gasteiger charge is 2.39. The summed E-state index contributed by atoms with van der Waals surface area (Å²) in [6, 6.07) is -7.31. The van der Waals surface area contributed by atoms with E-state index in [1.54, 1.807) is 0 Å². The molecule has 11 heavy (non-hydrogen) atoms. The molecular weight excluding hydrogens is 167 g/mol. The molecule has 2 N–H and O–H groups in total. The van der Waals surface area contributed by atoms with Crippen LogP contribution in [0.15, 0.2) is 0 Å². The number of hydrogen-bond acceptors (Lipinski definition) is 3. The third kappa shape index (κ3) is 3.56. The Bertz CT molecular complexity index is 181. The van der Waals surface area contributed by atoms with E-state index < -0.39 is 24.6 Å². The van der Waals surface area contributed by atoms with Crippen molar-refractivity contribution in [3.8, 4) is 0 Å². The van der Waals surface area contributed by atoms with Crippen molar-refractivity contribution in [3.05, 3.63) is 0 Å². The van der Waals surface area contributed by atoms with Crippen LogP contribution in [0.5, 0.6) is 0 Å². The van der Waals surface area contributed by atoms with Gasteiger partial charge in [-0.3, -0.25) is 9.59 Å². The summed E-state index contributed by atoms with van der Waals surface area (Å²) in [5, 5.41) is 8.73. The number of halogens is 3. The quantitative estimate of drug-likeness (QED) is 0.452. The van der Waals surface area contributed by atoms with Crippen molar-refractivity contribution in [3.63, 3.8) is 0 Å². The molecule has 0 fully saturated rings. The molecule has 0 unspecified atom stereocenters. The molecule has 4 nitrogen and oxygen atoms in total. The second-order valence-electron chi connectivity index (χ2n) is 1.60. The fraction of sp³-hybridized carbons (Fsp3) is 0.500. The maximum atomic E-state index is 11.8. The SMILES string of the molecule is O=C(O)CNC(F)(F)C(=O)F. The number of rotatable bonds is 4. The second-order valence-corrected chi connectivity index (χ2v) is 1.60. The number of nitrogens with one attached hydrogen (secondary N) is 1. The van der Waals surface area contributed by atoms with E-state index in [-0.39, 0.29) is 0 Å². The van der Waals surface area contributed by atoms with Crippen molar-refractivity contribution in [1.82, 2.24) is 5.32 Å². The maximum Gasteiger partial charge on any atom is 0.393 e. The summed E-state index contributed by atoms with van der Waals surface area (Å²) >= 11 is 0. The van der Waals surface area contributed by atoms with Gasteiger partial charge in [0.15, 0.2) is 0 Å². The van der Waals surface area contributed by atoms with E-state index in [0.717, 1.165) is 5.32 Å². The van der Waals surface area contributed by atoms with Crippen LogP contribution in [0, 0.1) is 0 Å². The zero-order chi connectivity index (χ0) is 9.07. The van der Waals surface area contributed by atoms with Crippen LogP contribution in [0.1, 0.15) is 0 Å². The Balaban J connectivity index is 3.92. The van der Waals surface area contributed by atoms with E-state index in [1.807, 2.05) is 0 Å². The van der Waals surface area contributed by atoms with E-state index in [9.17, 15) is 22.8 Å². The minimum atomic E-state index is -4.40. The van der Waals surface area contributed by atoms with Gasteiger partial charge in [0, 0.05) is 0 Å². The average Bonchev–Trinajstić information content (AvgIpc) is 1.84. The molecule has 0 spiro atoms. The minimum Gasteiger partial charge on any atom is -0.480 e. The third-order valence-corrected chi connectivity index (χ3v) is 0.708. The summed E-state index contributed by atoms with van der Waals surface area (Å²) in [5.41, 5.74) is 0. The molecule has 0 aromatic carbocycles. The van der Waals surface area contributed by atoms with Crippen LogP contribution >= 0.6 is 0 Å². The van der Waals surface area contributed by atoms with Gasteiger partial charge < -0.3 is 5.11 Å². The van der Waals surface area contributed by atoms with Crippen LogP contribution in [-0.4, -0.2) is 29.7 Å². The van der Waals surface area contributed by atoms with Gasteiger partial charge in [-0.2, -0.15) is 13.2 Å². The molecular formula is C4H4F3NO3. The van der Waals surface area contributed by atoms with E-state index in [2.05, 4.69) is 0 Å². The number of carbonyl (C=O) groups is 2. The summed E-state index contributed by atoms with van der Waals surface area (Å²) in [5.74, 6) is -1.61. The third-order valence-electron chi connectivity index (χ3n) is 0.708. The normalized spacial score (nSPS) is 11.2. The van der Waals surface area contributed by atoms with Crippen molar-refractivity contribution in [2.45, 2.75) is 6.05 Å². The molecule has 0 aromatic heterocycles. The Hall–Kier alpha value is -1.11.